The molecule has 0 bridgehead atoms. The lowest BCUT2D eigenvalue weighted by Crippen LogP contribution is -2.09. The van der Waals surface area contributed by atoms with Crippen molar-refractivity contribution in [1.82, 2.24) is 14.8 Å². The highest BCUT2D eigenvalue weighted by atomic mass is 35.5. The van der Waals surface area contributed by atoms with Crippen molar-refractivity contribution in [3.8, 4) is 0 Å². The highest BCUT2D eigenvalue weighted by Crippen LogP contribution is 2.25. The average molecular weight is 251 g/mol. The topological polar surface area (TPSA) is 42.7 Å². The predicted octanol–water partition coefficient (Wildman–Crippen LogP) is 2.87. The van der Waals surface area contributed by atoms with E-state index in [1.54, 1.807) is 6.33 Å². The second-order valence-corrected chi connectivity index (χ2v) is 4.18. The molecule has 4 nitrogen and oxygen atoms in total. The number of hydrogen-bond donors (Lipinski definition) is 1. The van der Waals surface area contributed by atoms with E-state index in [4.69, 9.17) is 11.6 Å². The molecular formula is C12H15ClN4. The molecular weight excluding hydrogens is 236 g/mol. The van der Waals surface area contributed by atoms with Crippen molar-refractivity contribution in [1.29, 1.82) is 0 Å². The van der Waals surface area contributed by atoms with Gasteiger partial charge in [0, 0.05) is 6.54 Å². The van der Waals surface area contributed by atoms with E-state index in [-0.39, 0.29) is 0 Å². The van der Waals surface area contributed by atoms with Gasteiger partial charge in [-0.05, 0) is 25.5 Å². The zero-order valence-electron chi connectivity index (χ0n) is 9.94. The number of hydrogen-bond acceptors (Lipinski definition) is 3. The van der Waals surface area contributed by atoms with Gasteiger partial charge in [-0.25, -0.2) is 9.67 Å². The average Bonchev–Trinajstić information content (AvgIpc) is 2.76. The SMILES string of the molecule is CCn1ncnc1CNc1c(C)cccc1Cl. The molecule has 1 heterocycles. The maximum atomic E-state index is 6.14. The van der Waals surface area contributed by atoms with Crippen LogP contribution in [0.3, 0.4) is 0 Å². The molecule has 1 aromatic heterocycles. The zero-order chi connectivity index (χ0) is 12.3. The van der Waals surface area contributed by atoms with Gasteiger partial charge in [0.05, 0.1) is 17.3 Å². The standard InChI is InChI=1S/C12H15ClN4/c1-3-17-11(15-8-16-17)7-14-12-9(2)5-4-6-10(12)13/h4-6,8,14H,3,7H2,1-2H3. The van der Waals surface area contributed by atoms with E-state index >= 15 is 0 Å². The Bertz CT molecular complexity index is 487. The van der Waals surface area contributed by atoms with Crippen molar-refractivity contribution in [3.05, 3.63) is 40.9 Å². The first-order valence-corrected chi connectivity index (χ1v) is 5.96. The minimum Gasteiger partial charge on any atom is -0.376 e. The minimum atomic E-state index is 0.623. The summed E-state index contributed by atoms with van der Waals surface area (Å²) in [5, 5.41) is 8.16. The van der Waals surface area contributed by atoms with Crippen LogP contribution in [0.4, 0.5) is 5.69 Å². The molecule has 0 unspecified atom stereocenters. The Kier molecular flexibility index (Phi) is 3.64. The van der Waals surface area contributed by atoms with Crippen molar-refractivity contribution in [2.75, 3.05) is 5.32 Å². The van der Waals surface area contributed by atoms with E-state index in [2.05, 4.69) is 15.4 Å². The smallest absolute Gasteiger partial charge is 0.146 e. The number of nitrogens with one attached hydrogen (secondary N) is 1. The third kappa shape index (κ3) is 2.58. The van der Waals surface area contributed by atoms with Crippen molar-refractivity contribution in [3.63, 3.8) is 0 Å². The number of aromatic nitrogens is 3. The monoisotopic (exact) mass is 250 g/mol. The number of nitrogens with zero attached hydrogens (tertiary/aromatic N) is 3. The third-order valence-electron chi connectivity index (χ3n) is 2.64. The van der Waals surface area contributed by atoms with E-state index in [1.807, 2.05) is 36.7 Å². The Hall–Kier alpha value is -1.55. The molecule has 0 aliphatic heterocycles. The van der Waals surface area contributed by atoms with Crippen LogP contribution in [0.2, 0.25) is 5.02 Å². The molecule has 1 aromatic carbocycles. The summed E-state index contributed by atoms with van der Waals surface area (Å²) < 4.78 is 1.86. The zero-order valence-corrected chi connectivity index (χ0v) is 10.7. The summed E-state index contributed by atoms with van der Waals surface area (Å²) >= 11 is 6.14. The Morgan fingerprint density at radius 2 is 2.24 bits per heavy atom. The van der Waals surface area contributed by atoms with E-state index in [1.165, 1.54) is 0 Å². The van der Waals surface area contributed by atoms with Crippen molar-refractivity contribution in [2.45, 2.75) is 26.9 Å². The van der Waals surface area contributed by atoms with Gasteiger partial charge in [0.25, 0.3) is 0 Å². The van der Waals surface area contributed by atoms with Gasteiger partial charge in [0.1, 0.15) is 12.2 Å². The first-order chi connectivity index (χ1) is 8.22. The summed E-state index contributed by atoms with van der Waals surface area (Å²) in [6, 6.07) is 5.84. The Balaban J connectivity index is 2.13. The van der Waals surface area contributed by atoms with E-state index < -0.39 is 0 Å². The van der Waals surface area contributed by atoms with Gasteiger partial charge in [-0.15, -0.1) is 0 Å². The molecule has 0 radical (unpaired) electrons. The molecule has 2 aromatic rings. The van der Waals surface area contributed by atoms with Crippen molar-refractivity contribution >= 4 is 17.3 Å². The lowest BCUT2D eigenvalue weighted by atomic mass is 10.2. The van der Waals surface area contributed by atoms with Crippen LogP contribution in [0.1, 0.15) is 18.3 Å². The van der Waals surface area contributed by atoms with Gasteiger partial charge in [0.2, 0.25) is 0 Å². The van der Waals surface area contributed by atoms with Crippen LogP contribution >= 0.6 is 11.6 Å². The van der Waals surface area contributed by atoms with E-state index in [0.29, 0.717) is 6.54 Å². The first-order valence-electron chi connectivity index (χ1n) is 5.58. The summed E-state index contributed by atoms with van der Waals surface area (Å²) in [5.41, 5.74) is 2.08. The fourth-order valence-corrected chi connectivity index (χ4v) is 2.00. The molecule has 0 aliphatic carbocycles. The van der Waals surface area contributed by atoms with Crippen LogP contribution in [0.25, 0.3) is 0 Å². The number of rotatable bonds is 4. The number of halogens is 1. The largest absolute Gasteiger partial charge is 0.376 e. The van der Waals surface area contributed by atoms with E-state index in [9.17, 15) is 0 Å². The van der Waals surface area contributed by atoms with Crippen molar-refractivity contribution in [2.24, 2.45) is 0 Å². The third-order valence-corrected chi connectivity index (χ3v) is 2.96. The molecule has 0 fully saturated rings. The van der Waals surface area contributed by atoms with Gasteiger partial charge >= 0.3 is 0 Å². The molecule has 17 heavy (non-hydrogen) atoms. The van der Waals surface area contributed by atoms with Gasteiger partial charge < -0.3 is 5.32 Å². The second kappa shape index (κ2) is 5.19. The van der Waals surface area contributed by atoms with Crippen LogP contribution in [0.15, 0.2) is 24.5 Å². The molecule has 0 saturated heterocycles. The molecule has 0 amide bonds. The summed E-state index contributed by atoms with van der Waals surface area (Å²) in [6.45, 7) is 5.51. The molecule has 90 valence electrons. The second-order valence-electron chi connectivity index (χ2n) is 3.78. The first kappa shape index (κ1) is 11.9. The summed E-state index contributed by atoms with van der Waals surface area (Å²) in [4.78, 5) is 4.21. The number of para-hydroxylation sites is 1. The maximum absolute atomic E-state index is 6.14. The number of anilines is 1. The molecule has 0 saturated carbocycles. The molecule has 2 rings (SSSR count). The Labute approximate surface area is 106 Å². The Morgan fingerprint density at radius 1 is 1.41 bits per heavy atom. The highest BCUT2D eigenvalue weighted by Gasteiger charge is 2.06. The molecule has 5 heteroatoms. The normalized spacial score (nSPS) is 10.5. The number of benzene rings is 1. The lowest BCUT2D eigenvalue weighted by molar-refractivity contribution is 0.622. The minimum absolute atomic E-state index is 0.623. The Morgan fingerprint density at radius 3 is 2.94 bits per heavy atom. The number of aryl methyl sites for hydroxylation is 2. The molecule has 0 atom stereocenters. The van der Waals surface area contributed by atoms with Crippen LogP contribution in [-0.2, 0) is 13.1 Å². The quantitative estimate of drug-likeness (QED) is 0.907. The molecule has 1 N–H and O–H groups in total. The van der Waals surface area contributed by atoms with Gasteiger partial charge in [-0.1, -0.05) is 23.7 Å². The summed E-state index contributed by atoms with van der Waals surface area (Å²) in [5.74, 6) is 0.909. The van der Waals surface area contributed by atoms with Crippen LogP contribution in [0.5, 0.6) is 0 Å². The summed E-state index contributed by atoms with van der Waals surface area (Å²) in [7, 11) is 0. The van der Waals surface area contributed by atoms with Crippen LogP contribution < -0.4 is 5.32 Å². The fraction of sp³-hybridized carbons (Fsp3) is 0.333. The van der Waals surface area contributed by atoms with Crippen molar-refractivity contribution < 1.29 is 0 Å². The highest BCUT2D eigenvalue weighted by molar-refractivity contribution is 6.33. The lowest BCUT2D eigenvalue weighted by Gasteiger charge is -2.11. The van der Waals surface area contributed by atoms with Crippen LogP contribution in [-0.4, -0.2) is 14.8 Å². The van der Waals surface area contributed by atoms with Gasteiger partial charge in [-0.2, -0.15) is 5.10 Å². The fourth-order valence-electron chi connectivity index (χ4n) is 1.71. The molecule has 0 aliphatic rings. The van der Waals surface area contributed by atoms with Gasteiger partial charge in [0.15, 0.2) is 0 Å². The van der Waals surface area contributed by atoms with Crippen LogP contribution in [0, 0.1) is 6.92 Å². The maximum Gasteiger partial charge on any atom is 0.146 e. The predicted molar refractivity (Wildman–Crippen MR) is 69.2 cm³/mol. The van der Waals surface area contributed by atoms with E-state index in [0.717, 1.165) is 28.6 Å². The summed E-state index contributed by atoms with van der Waals surface area (Å²) in [6.07, 6.45) is 1.57. The molecule has 0 spiro atoms. The van der Waals surface area contributed by atoms with Gasteiger partial charge in [-0.3, -0.25) is 0 Å².